The molecule has 2 N–H and O–H groups in total. The lowest BCUT2D eigenvalue weighted by Crippen LogP contribution is -2.10. The molecule has 1 aliphatic rings. The van der Waals surface area contributed by atoms with Gasteiger partial charge in [0.15, 0.2) is 0 Å². The number of fused-ring (bicyclic) bond motifs is 1. The van der Waals surface area contributed by atoms with Crippen molar-refractivity contribution in [2.45, 2.75) is 12.6 Å². The van der Waals surface area contributed by atoms with Crippen molar-refractivity contribution in [1.29, 1.82) is 0 Å². The van der Waals surface area contributed by atoms with Gasteiger partial charge in [0.2, 0.25) is 0 Å². The molecule has 4 nitrogen and oxygen atoms in total. The lowest BCUT2D eigenvalue weighted by atomic mass is 10.1. The van der Waals surface area contributed by atoms with Crippen LogP contribution in [-0.2, 0) is 6.61 Å². The topological polar surface area (TPSA) is 53.7 Å². The molecule has 110 valence electrons. The molecule has 21 heavy (non-hydrogen) atoms. The molecule has 0 spiro atoms. The number of methoxy groups -OCH3 is 1. The van der Waals surface area contributed by atoms with Crippen molar-refractivity contribution in [3.05, 3.63) is 53.3 Å². The zero-order valence-corrected chi connectivity index (χ0v) is 11.6. The van der Waals surface area contributed by atoms with E-state index in [2.05, 4.69) is 0 Å². The molecule has 2 aromatic rings. The average Bonchev–Trinajstić information content (AvgIpc) is 2.87. The highest BCUT2D eigenvalue weighted by molar-refractivity contribution is 5.44. The molecule has 0 aromatic heterocycles. The van der Waals surface area contributed by atoms with Gasteiger partial charge in [0.25, 0.3) is 0 Å². The maximum Gasteiger partial charge on any atom is 0.133 e. The highest BCUT2D eigenvalue weighted by Gasteiger charge is 2.20. The normalized spacial score (nSPS) is 16.2. The maximum absolute atomic E-state index is 13.8. The van der Waals surface area contributed by atoms with E-state index in [1.165, 1.54) is 13.2 Å². The molecule has 1 heterocycles. The molecule has 0 saturated heterocycles. The quantitative estimate of drug-likeness (QED) is 0.940. The number of halogens is 1. The van der Waals surface area contributed by atoms with Crippen LogP contribution in [0.5, 0.6) is 17.2 Å². The Balaban J connectivity index is 1.71. The van der Waals surface area contributed by atoms with Crippen molar-refractivity contribution in [3.8, 4) is 17.2 Å². The first kappa shape index (κ1) is 13.7. The zero-order valence-electron chi connectivity index (χ0n) is 11.6. The summed E-state index contributed by atoms with van der Waals surface area (Å²) in [5, 5.41) is 0. The summed E-state index contributed by atoms with van der Waals surface area (Å²) in [5.41, 5.74) is 7.32. The van der Waals surface area contributed by atoms with Gasteiger partial charge in [0.05, 0.1) is 13.2 Å². The van der Waals surface area contributed by atoms with Crippen LogP contribution in [0.2, 0.25) is 0 Å². The Morgan fingerprint density at radius 1 is 1.24 bits per heavy atom. The van der Waals surface area contributed by atoms with Crippen molar-refractivity contribution < 1.29 is 18.6 Å². The van der Waals surface area contributed by atoms with Gasteiger partial charge in [0.1, 0.15) is 36.3 Å². The molecule has 0 bridgehead atoms. The fourth-order valence-corrected chi connectivity index (χ4v) is 2.24. The maximum atomic E-state index is 13.8. The molecule has 0 amide bonds. The van der Waals surface area contributed by atoms with Crippen LogP contribution in [0, 0.1) is 5.82 Å². The number of nitrogens with two attached hydrogens (primary N) is 1. The van der Waals surface area contributed by atoms with Crippen LogP contribution >= 0.6 is 0 Å². The molecule has 1 unspecified atom stereocenters. The smallest absolute Gasteiger partial charge is 0.133 e. The van der Waals surface area contributed by atoms with Crippen LogP contribution in [0.25, 0.3) is 0 Å². The third-order valence-corrected chi connectivity index (χ3v) is 3.46. The SMILES string of the molecule is COc1ccc(COc2ccc3c(c2)OCC3N)c(F)c1. The van der Waals surface area contributed by atoms with Crippen molar-refractivity contribution >= 4 is 0 Å². The fraction of sp³-hybridized carbons (Fsp3) is 0.250. The van der Waals surface area contributed by atoms with E-state index < -0.39 is 0 Å². The van der Waals surface area contributed by atoms with E-state index in [-0.39, 0.29) is 18.5 Å². The van der Waals surface area contributed by atoms with Crippen LogP contribution in [-0.4, -0.2) is 13.7 Å². The van der Waals surface area contributed by atoms with Gasteiger partial charge in [-0.05, 0) is 24.3 Å². The molecule has 0 aliphatic carbocycles. The van der Waals surface area contributed by atoms with Gasteiger partial charge in [0, 0.05) is 23.3 Å². The van der Waals surface area contributed by atoms with Crippen molar-refractivity contribution in [2.24, 2.45) is 5.73 Å². The molecular weight excluding hydrogens is 273 g/mol. The first-order chi connectivity index (χ1) is 10.2. The second-order valence-corrected chi connectivity index (χ2v) is 4.86. The van der Waals surface area contributed by atoms with Crippen molar-refractivity contribution in [1.82, 2.24) is 0 Å². The van der Waals surface area contributed by atoms with E-state index in [0.29, 0.717) is 23.7 Å². The number of benzene rings is 2. The Morgan fingerprint density at radius 2 is 2.05 bits per heavy atom. The van der Waals surface area contributed by atoms with E-state index in [0.717, 1.165) is 11.3 Å². The minimum Gasteiger partial charge on any atom is -0.497 e. The Bertz CT molecular complexity index is 660. The average molecular weight is 289 g/mol. The van der Waals surface area contributed by atoms with Crippen molar-refractivity contribution in [2.75, 3.05) is 13.7 Å². The molecule has 0 saturated carbocycles. The van der Waals surface area contributed by atoms with E-state index in [9.17, 15) is 4.39 Å². The molecule has 0 fully saturated rings. The number of ether oxygens (including phenoxy) is 3. The van der Waals surface area contributed by atoms with E-state index in [4.69, 9.17) is 19.9 Å². The van der Waals surface area contributed by atoms with Crippen LogP contribution in [0.3, 0.4) is 0 Å². The second kappa shape index (κ2) is 5.61. The van der Waals surface area contributed by atoms with Crippen LogP contribution in [0.4, 0.5) is 4.39 Å². The van der Waals surface area contributed by atoms with E-state index in [1.54, 1.807) is 18.2 Å². The predicted molar refractivity (Wildman–Crippen MR) is 76.1 cm³/mol. The van der Waals surface area contributed by atoms with Crippen LogP contribution in [0.1, 0.15) is 17.2 Å². The Hall–Kier alpha value is -2.27. The molecular formula is C16H16FNO3. The molecule has 5 heteroatoms. The first-order valence-corrected chi connectivity index (χ1v) is 6.65. The first-order valence-electron chi connectivity index (χ1n) is 6.65. The lowest BCUT2D eigenvalue weighted by molar-refractivity contribution is 0.295. The summed E-state index contributed by atoms with van der Waals surface area (Å²) < 4.78 is 29.8. The Kier molecular flexibility index (Phi) is 3.66. The predicted octanol–water partition coefficient (Wildman–Crippen LogP) is 2.81. The van der Waals surface area contributed by atoms with Gasteiger partial charge >= 0.3 is 0 Å². The summed E-state index contributed by atoms with van der Waals surface area (Å²) in [6.45, 7) is 0.618. The number of hydrogen-bond donors (Lipinski definition) is 1. The third-order valence-electron chi connectivity index (χ3n) is 3.46. The third kappa shape index (κ3) is 2.78. The molecule has 3 rings (SSSR count). The fourth-order valence-electron chi connectivity index (χ4n) is 2.24. The summed E-state index contributed by atoms with van der Waals surface area (Å²) in [4.78, 5) is 0. The number of hydrogen-bond acceptors (Lipinski definition) is 4. The summed E-state index contributed by atoms with van der Waals surface area (Å²) in [5.74, 6) is 1.48. The molecule has 1 atom stereocenters. The zero-order chi connectivity index (χ0) is 14.8. The minimum atomic E-state index is -0.353. The number of rotatable bonds is 4. The van der Waals surface area contributed by atoms with Crippen LogP contribution in [0.15, 0.2) is 36.4 Å². The molecule has 0 radical (unpaired) electrons. The molecule has 2 aromatic carbocycles. The van der Waals surface area contributed by atoms with Gasteiger partial charge < -0.3 is 19.9 Å². The van der Waals surface area contributed by atoms with E-state index >= 15 is 0 Å². The Labute approximate surface area is 122 Å². The van der Waals surface area contributed by atoms with Gasteiger partial charge in [-0.25, -0.2) is 4.39 Å². The van der Waals surface area contributed by atoms with Crippen LogP contribution < -0.4 is 19.9 Å². The minimum absolute atomic E-state index is 0.0897. The Morgan fingerprint density at radius 3 is 2.81 bits per heavy atom. The lowest BCUT2D eigenvalue weighted by Gasteiger charge is -2.09. The van der Waals surface area contributed by atoms with Crippen molar-refractivity contribution in [3.63, 3.8) is 0 Å². The van der Waals surface area contributed by atoms with Gasteiger partial charge in [-0.15, -0.1) is 0 Å². The van der Waals surface area contributed by atoms with Gasteiger partial charge in [-0.3, -0.25) is 0 Å². The largest absolute Gasteiger partial charge is 0.497 e. The summed E-state index contributed by atoms with van der Waals surface area (Å²) in [6.07, 6.45) is 0. The van der Waals surface area contributed by atoms with Gasteiger partial charge in [-0.2, -0.15) is 0 Å². The highest BCUT2D eigenvalue weighted by Crippen LogP contribution is 2.34. The van der Waals surface area contributed by atoms with Gasteiger partial charge in [-0.1, -0.05) is 0 Å². The highest BCUT2D eigenvalue weighted by atomic mass is 19.1. The van der Waals surface area contributed by atoms with E-state index in [1.807, 2.05) is 12.1 Å². The monoisotopic (exact) mass is 289 g/mol. The second-order valence-electron chi connectivity index (χ2n) is 4.86. The summed E-state index contributed by atoms with van der Waals surface area (Å²) >= 11 is 0. The molecule has 1 aliphatic heterocycles. The standard InChI is InChI=1S/C16H16FNO3/c1-19-11-3-2-10(14(17)6-11)8-20-12-4-5-13-15(18)9-21-16(13)7-12/h2-7,15H,8-9,18H2,1H3. The summed E-state index contributed by atoms with van der Waals surface area (Å²) in [7, 11) is 1.50. The summed E-state index contributed by atoms with van der Waals surface area (Å²) in [6, 6.07) is 10.1.